The molecule has 7 heteroatoms. The van der Waals surface area contributed by atoms with Crippen molar-refractivity contribution in [3.63, 3.8) is 0 Å². The maximum Gasteiger partial charge on any atom is 0.243 e. The summed E-state index contributed by atoms with van der Waals surface area (Å²) < 4.78 is 12.8. The van der Waals surface area contributed by atoms with Gasteiger partial charge in [0, 0.05) is 26.8 Å². The molecule has 0 saturated carbocycles. The molecule has 0 spiro atoms. The van der Waals surface area contributed by atoms with Crippen LogP contribution in [0, 0.1) is 0 Å². The van der Waals surface area contributed by atoms with Gasteiger partial charge in [0.05, 0.1) is 25.1 Å². The molecule has 0 bridgehead atoms. The number of furan rings is 1. The van der Waals surface area contributed by atoms with Gasteiger partial charge in [-0.25, -0.2) is 0 Å². The molecule has 0 unspecified atom stereocenters. The molecule has 0 aromatic carbocycles. The molecule has 3 heterocycles. The molecule has 2 aromatic heterocycles. The summed E-state index contributed by atoms with van der Waals surface area (Å²) in [5, 5.41) is 7.87. The van der Waals surface area contributed by atoms with Gasteiger partial charge in [0.2, 0.25) is 5.91 Å². The van der Waals surface area contributed by atoms with Crippen molar-refractivity contribution in [3.05, 3.63) is 41.6 Å². The van der Waals surface area contributed by atoms with Crippen molar-refractivity contribution in [1.82, 2.24) is 20.0 Å². The molecule has 7 nitrogen and oxygen atoms in total. The summed E-state index contributed by atoms with van der Waals surface area (Å²) in [6.45, 7) is 2.24. The number of aromatic nitrogens is 2. The largest absolute Gasteiger partial charge is 0.468 e. The van der Waals surface area contributed by atoms with E-state index in [0.717, 1.165) is 23.4 Å². The number of amides is 1. The van der Waals surface area contributed by atoms with Crippen LogP contribution in [0.3, 0.4) is 0 Å². The molecule has 2 aromatic rings. The first-order chi connectivity index (χ1) is 11.1. The minimum Gasteiger partial charge on any atom is -0.468 e. The number of fused-ring (bicyclic) bond motifs is 1. The average Bonchev–Trinajstić information content (AvgIpc) is 3.16. The molecular formula is C16H22N4O3. The Kier molecular flexibility index (Phi) is 4.78. The van der Waals surface area contributed by atoms with Crippen molar-refractivity contribution < 1.29 is 13.9 Å². The van der Waals surface area contributed by atoms with Gasteiger partial charge in [0.1, 0.15) is 18.4 Å². The van der Waals surface area contributed by atoms with E-state index in [0.29, 0.717) is 19.7 Å². The zero-order chi connectivity index (χ0) is 16.2. The van der Waals surface area contributed by atoms with Crippen LogP contribution in [0.2, 0.25) is 0 Å². The number of ether oxygens (including phenoxy) is 1. The van der Waals surface area contributed by atoms with Crippen LogP contribution in [-0.2, 0) is 29.0 Å². The zero-order valence-corrected chi connectivity index (χ0v) is 13.5. The van der Waals surface area contributed by atoms with Crippen molar-refractivity contribution in [1.29, 1.82) is 0 Å². The lowest BCUT2D eigenvalue weighted by Gasteiger charge is -2.22. The summed E-state index contributed by atoms with van der Waals surface area (Å²) in [7, 11) is 3.49. The summed E-state index contributed by atoms with van der Waals surface area (Å²) in [5.74, 6) is 0.918. The maximum atomic E-state index is 11.8. The van der Waals surface area contributed by atoms with Crippen molar-refractivity contribution in [2.75, 3.05) is 27.2 Å². The van der Waals surface area contributed by atoms with E-state index < -0.39 is 0 Å². The molecule has 1 amide bonds. The molecule has 0 radical (unpaired) electrons. The van der Waals surface area contributed by atoms with E-state index in [1.165, 1.54) is 0 Å². The number of carbonyl (C=O) groups excluding carboxylic acids is 1. The number of carbonyl (C=O) groups is 1. The Morgan fingerprint density at radius 1 is 1.52 bits per heavy atom. The Morgan fingerprint density at radius 2 is 2.39 bits per heavy atom. The van der Waals surface area contributed by atoms with Crippen LogP contribution in [0.5, 0.6) is 0 Å². The first kappa shape index (κ1) is 15.8. The van der Waals surface area contributed by atoms with Gasteiger partial charge in [-0.05, 0) is 24.1 Å². The maximum absolute atomic E-state index is 11.8. The molecular weight excluding hydrogens is 296 g/mol. The zero-order valence-electron chi connectivity index (χ0n) is 13.5. The molecule has 3 rings (SSSR count). The average molecular weight is 318 g/mol. The SMILES string of the molecule is CN(C)C(=O)Cn1cc2c(n1)[C@H](CNCc1ccco1)OCC2. The van der Waals surface area contributed by atoms with E-state index in [2.05, 4.69) is 10.4 Å². The Hall–Kier alpha value is -2.12. The predicted molar refractivity (Wildman–Crippen MR) is 83.7 cm³/mol. The number of nitrogens with zero attached hydrogens (tertiary/aromatic N) is 3. The lowest BCUT2D eigenvalue weighted by atomic mass is 10.1. The van der Waals surface area contributed by atoms with Crippen LogP contribution in [0.4, 0.5) is 0 Å². The normalized spacial score (nSPS) is 17.0. The molecule has 0 fully saturated rings. The van der Waals surface area contributed by atoms with Crippen molar-refractivity contribution in [2.24, 2.45) is 0 Å². The van der Waals surface area contributed by atoms with Gasteiger partial charge in [0.15, 0.2) is 0 Å². The summed E-state index contributed by atoms with van der Waals surface area (Å²) in [6, 6.07) is 3.80. The molecule has 124 valence electrons. The monoisotopic (exact) mass is 318 g/mol. The molecule has 0 saturated heterocycles. The quantitative estimate of drug-likeness (QED) is 0.859. The van der Waals surface area contributed by atoms with Crippen LogP contribution in [0.15, 0.2) is 29.0 Å². The van der Waals surface area contributed by atoms with Crippen LogP contribution < -0.4 is 5.32 Å². The smallest absolute Gasteiger partial charge is 0.243 e. The molecule has 23 heavy (non-hydrogen) atoms. The van der Waals surface area contributed by atoms with E-state index in [1.54, 1.807) is 29.9 Å². The highest BCUT2D eigenvalue weighted by Gasteiger charge is 2.25. The predicted octanol–water partition coefficient (Wildman–Crippen LogP) is 0.968. The Balaban J connectivity index is 1.62. The Bertz CT molecular complexity index is 648. The molecule has 1 aliphatic rings. The second-order valence-corrected chi connectivity index (χ2v) is 5.85. The summed E-state index contributed by atoms with van der Waals surface area (Å²) in [4.78, 5) is 13.4. The van der Waals surface area contributed by atoms with Gasteiger partial charge < -0.3 is 19.4 Å². The molecule has 1 atom stereocenters. The first-order valence-electron chi connectivity index (χ1n) is 7.74. The highest BCUT2D eigenvalue weighted by molar-refractivity contribution is 5.75. The van der Waals surface area contributed by atoms with Gasteiger partial charge in [-0.15, -0.1) is 0 Å². The Morgan fingerprint density at radius 3 is 3.13 bits per heavy atom. The van der Waals surface area contributed by atoms with Gasteiger partial charge >= 0.3 is 0 Å². The third-order valence-electron chi connectivity index (χ3n) is 3.87. The highest BCUT2D eigenvalue weighted by atomic mass is 16.5. The summed E-state index contributed by atoms with van der Waals surface area (Å²) in [5.41, 5.74) is 2.09. The molecule has 1 aliphatic heterocycles. The molecule has 1 N–H and O–H groups in total. The van der Waals surface area contributed by atoms with Crippen LogP contribution in [0.1, 0.15) is 23.1 Å². The summed E-state index contributed by atoms with van der Waals surface area (Å²) >= 11 is 0. The third kappa shape index (κ3) is 3.80. The van der Waals surface area contributed by atoms with Crippen LogP contribution in [0.25, 0.3) is 0 Å². The number of rotatable bonds is 6. The molecule has 0 aliphatic carbocycles. The van der Waals surface area contributed by atoms with E-state index in [-0.39, 0.29) is 18.6 Å². The minimum atomic E-state index is -0.0931. The van der Waals surface area contributed by atoms with Crippen molar-refractivity contribution in [2.45, 2.75) is 25.6 Å². The lowest BCUT2D eigenvalue weighted by Crippen LogP contribution is -2.28. The van der Waals surface area contributed by atoms with E-state index in [9.17, 15) is 4.79 Å². The van der Waals surface area contributed by atoms with Gasteiger partial charge in [-0.2, -0.15) is 5.10 Å². The van der Waals surface area contributed by atoms with Gasteiger partial charge in [-0.3, -0.25) is 9.48 Å². The van der Waals surface area contributed by atoms with Crippen molar-refractivity contribution >= 4 is 5.91 Å². The van der Waals surface area contributed by atoms with Gasteiger partial charge in [-0.1, -0.05) is 0 Å². The Labute approximate surface area is 135 Å². The second-order valence-electron chi connectivity index (χ2n) is 5.85. The number of likely N-dealkylation sites (N-methyl/N-ethyl adjacent to an activating group) is 1. The number of nitrogens with one attached hydrogen (secondary N) is 1. The lowest BCUT2D eigenvalue weighted by molar-refractivity contribution is -0.129. The summed E-state index contributed by atoms with van der Waals surface area (Å²) in [6.07, 6.45) is 4.36. The van der Waals surface area contributed by atoms with Crippen LogP contribution in [-0.4, -0.2) is 47.8 Å². The number of hydrogen-bond donors (Lipinski definition) is 1. The fraction of sp³-hybridized carbons (Fsp3) is 0.500. The third-order valence-corrected chi connectivity index (χ3v) is 3.87. The topological polar surface area (TPSA) is 72.5 Å². The highest BCUT2D eigenvalue weighted by Crippen LogP contribution is 2.25. The minimum absolute atomic E-state index is 0.0262. The second kappa shape index (κ2) is 6.97. The van der Waals surface area contributed by atoms with E-state index in [4.69, 9.17) is 9.15 Å². The number of hydrogen-bond acceptors (Lipinski definition) is 5. The fourth-order valence-corrected chi connectivity index (χ4v) is 2.59. The van der Waals surface area contributed by atoms with Crippen LogP contribution >= 0.6 is 0 Å². The van der Waals surface area contributed by atoms with Gasteiger partial charge in [0.25, 0.3) is 0 Å². The first-order valence-corrected chi connectivity index (χ1v) is 7.74. The van der Waals surface area contributed by atoms with E-state index in [1.807, 2.05) is 18.3 Å². The standard InChI is InChI=1S/C16H22N4O3/c1-19(2)15(21)11-20-10-12-5-7-23-14(16(12)18-20)9-17-8-13-4-3-6-22-13/h3-4,6,10,14,17H,5,7-9,11H2,1-2H3/t14-/m0/s1. The van der Waals surface area contributed by atoms with E-state index >= 15 is 0 Å². The fourth-order valence-electron chi connectivity index (χ4n) is 2.59. The van der Waals surface area contributed by atoms with Crippen molar-refractivity contribution in [3.8, 4) is 0 Å².